The highest BCUT2D eigenvalue weighted by Crippen LogP contribution is 2.08. The molecule has 7 nitrogen and oxygen atoms in total. The molecule has 1 aromatic heterocycles. The maximum atomic E-state index is 11.9. The molecule has 0 bridgehead atoms. The number of nitrogens with zero attached hydrogens (tertiary/aromatic N) is 2. The number of aryl methyl sites for hydroxylation is 2. The maximum Gasteiger partial charge on any atom is 0.326 e. The number of carboxylic acids is 1. The minimum absolute atomic E-state index is 0.226. The first-order valence-electron chi connectivity index (χ1n) is 7.32. The summed E-state index contributed by atoms with van der Waals surface area (Å²) in [7, 11) is 1.80. The first kappa shape index (κ1) is 18.2. The lowest BCUT2D eigenvalue weighted by Gasteiger charge is -2.21. The van der Waals surface area contributed by atoms with Gasteiger partial charge in [0.1, 0.15) is 6.04 Å². The molecule has 0 aliphatic heterocycles. The summed E-state index contributed by atoms with van der Waals surface area (Å²) in [5.74, 6) is -1.34. The van der Waals surface area contributed by atoms with Gasteiger partial charge in [-0.3, -0.25) is 9.48 Å². The molecule has 22 heavy (non-hydrogen) atoms. The van der Waals surface area contributed by atoms with Gasteiger partial charge >= 0.3 is 5.97 Å². The molecule has 0 radical (unpaired) electrons. The molecule has 7 heteroatoms. The van der Waals surface area contributed by atoms with Gasteiger partial charge < -0.3 is 15.2 Å². The molecule has 0 aliphatic carbocycles. The highest BCUT2D eigenvalue weighted by molar-refractivity contribution is 5.83. The summed E-state index contributed by atoms with van der Waals surface area (Å²) in [6.45, 7) is 5.97. The molecule has 0 aromatic carbocycles. The topological polar surface area (TPSA) is 93.5 Å². The van der Waals surface area contributed by atoms with Gasteiger partial charge in [-0.15, -0.1) is 0 Å². The molecule has 1 heterocycles. The Kier molecular flexibility index (Phi) is 6.55. The van der Waals surface area contributed by atoms with Crippen molar-refractivity contribution in [3.63, 3.8) is 0 Å². The molecule has 1 atom stereocenters. The van der Waals surface area contributed by atoms with E-state index in [2.05, 4.69) is 10.4 Å². The number of ether oxygens (including phenoxy) is 1. The van der Waals surface area contributed by atoms with Gasteiger partial charge in [0.2, 0.25) is 5.91 Å². The van der Waals surface area contributed by atoms with Crippen LogP contribution >= 0.6 is 0 Å². The van der Waals surface area contributed by atoms with E-state index in [0.717, 1.165) is 5.69 Å². The summed E-state index contributed by atoms with van der Waals surface area (Å²) >= 11 is 0. The highest BCUT2D eigenvalue weighted by atomic mass is 16.5. The van der Waals surface area contributed by atoms with Crippen LogP contribution in [0.15, 0.2) is 12.3 Å². The SMILES string of the molecule is Cn1nccc1CCC(=O)NC(CCOC(C)(C)C)C(=O)O. The summed E-state index contributed by atoms with van der Waals surface area (Å²) < 4.78 is 7.19. The average Bonchev–Trinajstić information content (AvgIpc) is 2.79. The summed E-state index contributed by atoms with van der Waals surface area (Å²) in [6, 6.07) is 0.903. The third kappa shape index (κ3) is 6.71. The van der Waals surface area contributed by atoms with E-state index in [-0.39, 0.29) is 31.0 Å². The van der Waals surface area contributed by atoms with Crippen LogP contribution in [0.3, 0.4) is 0 Å². The Balaban J connectivity index is 2.40. The molecule has 124 valence electrons. The fourth-order valence-electron chi connectivity index (χ4n) is 1.89. The van der Waals surface area contributed by atoms with Gasteiger partial charge in [0.25, 0.3) is 0 Å². The number of carboxylic acid groups (broad SMARTS) is 1. The monoisotopic (exact) mass is 311 g/mol. The summed E-state index contributed by atoms with van der Waals surface area (Å²) in [4.78, 5) is 23.1. The number of carbonyl (C=O) groups excluding carboxylic acids is 1. The van der Waals surface area contributed by atoms with Gasteiger partial charge in [-0.25, -0.2) is 4.79 Å². The van der Waals surface area contributed by atoms with Crippen molar-refractivity contribution in [3.8, 4) is 0 Å². The fraction of sp³-hybridized carbons (Fsp3) is 0.667. The Hall–Kier alpha value is -1.89. The van der Waals surface area contributed by atoms with E-state index in [9.17, 15) is 9.59 Å². The van der Waals surface area contributed by atoms with E-state index < -0.39 is 12.0 Å². The Bertz CT molecular complexity index is 505. The third-order valence-corrected chi connectivity index (χ3v) is 3.11. The van der Waals surface area contributed by atoms with Gasteiger partial charge in [0.15, 0.2) is 0 Å². The molecule has 0 saturated heterocycles. The number of rotatable bonds is 8. The van der Waals surface area contributed by atoms with E-state index in [0.29, 0.717) is 6.42 Å². The van der Waals surface area contributed by atoms with Gasteiger partial charge in [-0.05, 0) is 33.3 Å². The standard InChI is InChI=1S/C15H25N3O4/c1-15(2,3)22-10-8-12(14(20)21)17-13(19)6-5-11-7-9-16-18(11)4/h7,9,12H,5-6,8,10H2,1-4H3,(H,17,19)(H,20,21). The Morgan fingerprint density at radius 3 is 2.64 bits per heavy atom. The zero-order valence-corrected chi connectivity index (χ0v) is 13.6. The van der Waals surface area contributed by atoms with Crippen molar-refractivity contribution in [3.05, 3.63) is 18.0 Å². The Morgan fingerprint density at radius 2 is 2.14 bits per heavy atom. The average molecular weight is 311 g/mol. The number of hydrogen-bond acceptors (Lipinski definition) is 4. The van der Waals surface area contributed by atoms with E-state index in [1.165, 1.54) is 0 Å². The molecule has 1 unspecified atom stereocenters. The van der Waals surface area contributed by atoms with Gasteiger partial charge in [0.05, 0.1) is 5.60 Å². The molecule has 0 spiro atoms. The molecule has 1 aromatic rings. The van der Waals surface area contributed by atoms with Crippen molar-refractivity contribution in [2.75, 3.05) is 6.61 Å². The van der Waals surface area contributed by atoms with Crippen molar-refractivity contribution in [2.24, 2.45) is 7.05 Å². The maximum absolute atomic E-state index is 11.9. The molecular weight excluding hydrogens is 286 g/mol. The second-order valence-electron chi connectivity index (χ2n) is 6.15. The number of nitrogens with one attached hydrogen (secondary N) is 1. The van der Waals surface area contributed by atoms with Crippen LogP contribution in [0.25, 0.3) is 0 Å². The summed E-state index contributed by atoms with van der Waals surface area (Å²) in [5, 5.41) is 15.7. The number of hydrogen-bond donors (Lipinski definition) is 2. The van der Waals surface area contributed by atoms with Crippen molar-refractivity contribution in [1.29, 1.82) is 0 Å². The van der Waals surface area contributed by atoms with Crippen LogP contribution in [0.1, 0.15) is 39.3 Å². The predicted octanol–water partition coefficient (Wildman–Crippen LogP) is 1.13. The second-order valence-corrected chi connectivity index (χ2v) is 6.15. The van der Waals surface area contributed by atoms with Crippen molar-refractivity contribution in [1.82, 2.24) is 15.1 Å². The first-order chi connectivity index (χ1) is 10.2. The van der Waals surface area contributed by atoms with Crippen LogP contribution in [0, 0.1) is 0 Å². The van der Waals surface area contributed by atoms with Crippen LogP contribution in [0.4, 0.5) is 0 Å². The smallest absolute Gasteiger partial charge is 0.326 e. The zero-order chi connectivity index (χ0) is 16.8. The van der Waals surface area contributed by atoms with Crippen molar-refractivity contribution >= 4 is 11.9 Å². The summed E-state index contributed by atoms with van der Waals surface area (Å²) in [5.41, 5.74) is 0.602. The van der Waals surface area contributed by atoms with Crippen LogP contribution in [-0.2, 0) is 27.8 Å². The zero-order valence-electron chi connectivity index (χ0n) is 13.6. The Labute approximate surface area is 130 Å². The van der Waals surface area contributed by atoms with E-state index >= 15 is 0 Å². The van der Waals surface area contributed by atoms with Crippen molar-refractivity contribution in [2.45, 2.75) is 51.7 Å². The van der Waals surface area contributed by atoms with Crippen LogP contribution < -0.4 is 5.32 Å². The normalized spacial score (nSPS) is 12.9. The fourth-order valence-corrected chi connectivity index (χ4v) is 1.89. The van der Waals surface area contributed by atoms with Gasteiger partial charge in [-0.1, -0.05) is 0 Å². The number of amides is 1. The third-order valence-electron chi connectivity index (χ3n) is 3.11. The quantitative estimate of drug-likeness (QED) is 0.750. The molecule has 2 N–H and O–H groups in total. The largest absolute Gasteiger partial charge is 0.480 e. The minimum Gasteiger partial charge on any atom is -0.480 e. The summed E-state index contributed by atoms with van der Waals surface area (Å²) in [6.07, 6.45) is 2.65. The lowest BCUT2D eigenvalue weighted by atomic mass is 10.1. The van der Waals surface area contributed by atoms with Gasteiger partial charge in [0, 0.05) is 38.4 Å². The number of aromatic nitrogens is 2. The molecule has 1 rings (SSSR count). The van der Waals surface area contributed by atoms with Crippen LogP contribution in [0.2, 0.25) is 0 Å². The van der Waals surface area contributed by atoms with E-state index in [1.54, 1.807) is 17.9 Å². The van der Waals surface area contributed by atoms with Gasteiger partial charge in [-0.2, -0.15) is 5.10 Å². The number of carbonyl (C=O) groups is 2. The Morgan fingerprint density at radius 1 is 1.45 bits per heavy atom. The molecular formula is C15H25N3O4. The van der Waals surface area contributed by atoms with E-state index in [1.807, 2.05) is 26.8 Å². The van der Waals surface area contributed by atoms with Crippen molar-refractivity contribution < 1.29 is 19.4 Å². The van der Waals surface area contributed by atoms with Crippen LogP contribution in [-0.4, -0.2) is 45.0 Å². The second kappa shape index (κ2) is 7.93. The highest BCUT2D eigenvalue weighted by Gasteiger charge is 2.21. The lowest BCUT2D eigenvalue weighted by molar-refractivity contribution is -0.142. The molecule has 1 amide bonds. The molecule has 0 fully saturated rings. The van der Waals surface area contributed by atoms with Crippen LogP contribution in [0.5, 0.6) is 0 Å². The molecule has 0 aliphatic rings. The first-order valence-corrected chi connectivity index (χ1v) is 7.32. The minimum atomic E-state index is -1.05. The predicted molar refractivity (Wildman–Crippen MR) is 81.4 cm³/mol. The lowest BCUT2D eigenvalue weighted by Crippen LogP contribution is -2.42. The van der Waals surface area contributed by atoms with E-state index in [4.69, 9.17) is 9.84 Å². The molecule has 0 saturated carbocycles. The number of aliphatic carboxylic acids is 1.